The van der Waals surface area contributed by atoms with Crippen LogP contribution in [0.1, 0.15) is 83.6 Å². The number of benzene rings is 2. The zero-order chi connectivity index (χ0) is 27.8. The monoisotopic (exact) mass is 571 g/mol. The molecule has 0 bridgehead atoms. The van der Waals surface area contributed by atoms with Crippen molar-refractivity contribution in [3.05, 3.63) is 65.7 Å². The first-order valence-electron chi connectivity index (χ1n) is 13.7. The topological polar surface area (TPSA) is 64.6 Å². The van der Waals surface area contributed by atoms with Crippen LogP contribution < -0.4 is 9.61 Å². The molecule has 0 amide bonds. The normalized spacial score (nSPS) is 13.7. The van der Waals surface area contributed by atoms with Crippen LogP contribution in [0.15, 0.2) is 48.5 Å². The summed E-state index contributed by atoms with van der Waals surface area (Å²) < 4.78 is 51.8. The first-order chi connectivity index (χ1) is 18.2. The molecule has 1 unspecified atom stereocenters. The van der Waals surface area contributed by atoms with Gasteiger partial charge in [-0.25, -0.2) is 18.4 Å². The van der Waals surface area contributed by atoms with Crippen molar-refractivity contribution in [2.75, 3.05) is 6.61 Å². The van der Waals surface area contributed by atoms with Gasteiger partial charge in [-0.1, -0.05) is 83.4 Å². The summed E-state index contributed by atoms with van der Waals surface area (Å²) in [5.41, 5.74) is 0.198. The average molecular weight is 572 g/mol. The first-order valence-corrected chi connectivity index (χ1v) is 16.2. The molecule has 2 aromatic rings. The fourth-order valence-corrected chi connectivity index (χ4v) is 5.91. The standard InChI is InChI=1S/C29H41ClF2NO4P/c1-3-5-7-10-14-23(15-11-8-6-4-2)22-36-29(34)28(20-24-18-25(31)21-26(32)19-24)33-38(30,35)37-27-16-12-9-13-17-27/h9,12-13,16-19,21,23,28H,3-8,10-11,14-15,20,22H2,1-2H3,(H,33,35)/t28-,38?/m0/s1. The Balaban J connectivity index is 2.11. The summed E-state index contributed by atoms with van der Waals surface area (Å²) in [4.78, 5) is 13.2. The van der Waals surface area contributed by atoms with Crippen LogP contribution in [0.2, 0.25) is 0 Å². The van der Waals surface area contributed by atoms with Gasteiger partial charge in [-0.3, -0.25) is 4.79 Å². The van der Waals surface area contributed by atoms with Crippen LogP contribution in [0.25, 0.3) is 0 Å². The molecule has 0 radical (unpaired) electrons. The maximum Gasteiger partial charge on any atom is 0.409 e. The lowest BCUT2D eigenvalue weighted by atomic mass is 9.95. The average Bonchev–Trinajstić information content (AvgIpc) is 2.86. The van der Waals surface area contributed by atoms with E-state index in [2.05, 4.69) is 18.9 Å². The Morgan fingerprint density at radius 1 is 0.921 bits per heavy atom. The summed E-state index contributed by atoms with van der Waals surface area (Å²) in [6, 6.07) is 10.0. The molecule has 0 aliphatic heterocycles. The van der Waals surface area contributed by atoms with Gasteiger partial charge in [-0.05, 0) is 55.0 Å². The van der Waals surface area contributed by atoms with E-state index in [4.69, 9.17) is 20.5 Å². The number of unbranched alkanes of at least 4 members (excludes halogenated alkanes) is 6. The number of nitrogens with one attached hydrogen (secondary N) is 1. The fraction of sp³-hybridized carbons (Fsp3) is 0.552. The molecule has 0 spiro atoms. The van der Waals surface area contributed by atoms with Crippen LogP contribution in [-0.4, -0.2) is 18.6 Å². The predicted molar refractivity (Wildman–Crippen MR) is 149 cm³/mol. The molecule has 0 aliphatic carbocycles. The molecule has 0 saturated carbocycles. The van der Waals surface area contributed by atoms with Crippen LogP contribution >= 0.6 is 18.1 Å². The van der Waals surface area contributed by atoms with Gasteiger partial charge in [-0.2, -0.15) is 0 Å². The molecule has 0 saturated heterocycles. The number of carbonyl (C=O) groups excluding carboxylic acids is 1. The van der Waals surface area contributed by atoms with E-state index in [9.17, 15) is 18.1 Å². The quantitative estimate of drug-likeness (QED) is 0.103. The lowest BCUT2D eigenvalue weighted by Gasteiger charge is -2.23. The molecule has 2 aromatic carbocycles. The highest BCUT2D eigenvalue weighted by Gasteiger charge is 2.32. The van der Waals surface area contributed by atoms with Crippen molar-refractivity contribution in [3.63, 3.8) is 0 Å². The highest BCUT2D eigenvalue weighted by molar-refractivity contribution is 7.84. The van der Waals surface area contributed by atoms with Crippen LogP contribution in [0.4, 0.5) is 8.78 Å². The maximum absolute atomic E-state index is 13.8. The zero-order valence-corrected chi connectivity index (χ0v) is 24.1. The van der Waals surface area contributed by atoms with E-state index in [0.717, 1.165) is 69.6 Å². The van der Waals surface area contributed by atoms with Gasteiger partial charge in [-0.15, -0.1) is 0 Å². The Morgan fingerprint density at radius 2 is 1.50 bits per heavy atom. The third-order valence-electron chi connectivity index (χ3n) is 6.32. The van der Waals surface area contributed by atoms with Gasteiger partial charge in [0, 0.05) is 17.3 Å². The van der Waals surface area contributed by atoms with Gasteiger partial charge in [0.1, 0.15) is 23.4 Å². The van der Waals surface area contributed by atoms with E-state index < -0.39 is 30.5 Å². The minimum atomic E-state index is -4.05. The Hall–Kier alpha value is -1.95. The molecule has 2 atom stereocenters. The smallest absolute Gasteiger partial charge is 0.409 e. The van der Waals surface area contributed by atoms with E-state index >= 15 is 0 Å². The number of hydrogen-bond acceptors (Lipinski definition) is 4. The highest BCUT2D eigenvalue weighted by Crippen LogP contribution is 2.48. The molecule has 5 nitrogen and oxygen atoms in total. The lowest BCUT2D eigenvalue weighted by molar-refractivity contribution is -0.147. The van der Waals surface area contributed by atoms with Crippen molar-refractivity contribution in [1.82, 2.24) is 5.09 Å². The number of hydrogen-bond donors (Lipinski definition) is 1. The summed E-state index contributed by atoms with van der Waals surface area (Å²) in [6.45, 7) is 0.503. The second-order valence-corrected chi connectivity index (χ2v) is 12.5. The molecule has 9 heteroatoms. The van der Waals surface area contributed by atoms with Gasteiger partial charge >= 0.3 is 12.8 Å². The number of carbonyl (C=O) groups is 1. The SMILES string of the molecule is CCCCCCC(CCCCCC)COC(=O)[C@H](Cc1cc(F)cc(F)c1)NP(=O)(Cl)Oc1ccccc1. The summed E-state index contributed by atoms with van der Waals surface area (Å²) >= 11 is 6.16. The second-order valence-electron chi connectivity index (χ2n) is 9.74. The minimum absolute atomic E-state index is 0.181. The molecule has 0 fully saturated rings. The maximum atomic E-state index is 13.8. The summed E-state index contributed by atoms with van der Waals surface area (Å²) in [5.74, 6) is -1.79. The highest BCUT2D eigenvalue weighted by atomic mass is 35.7. The van der Waals surface area contributed by atoms with Gasteiger partial charge in [0.05, 0.1) is 6.61 Å². The summed E-state index contributed by atoms with van der Waals surface area (Å²) in [7, 11) is 0. The largest absolute Gasteiger partial charge is 0.464 e. The lowest BCUT2D eigenvalue weighted by Crippen LogP contribution is -2.38. The molecule has 38 heavy (non-hydrogen) atoms. The van der Waals surface area contributed by atoms with Crippen LogP contribution in [-0.2, 0) is 20.5 Å². The molecule has 0 aromatic heterocycles. The van der Waals surface area contributed by atoms with Crippen LogP contribution in [0.3, 0.4) is 0 Å². The van der Waals surface area contributed by atoms with E-state index in [-0.39, 0.29) is 30.3 Å². The van der Waals surface area contributed by atoms with Gasteiger partial charge < -0.3 is 9.26 Å². The number of para-hydroxylation sites is 1. The van der Waals surface area contributed by atoms with Crippen LogP contribution in [0, 0.1) is 17.6 Å². The Labute approximate surface area is 230 Å². The second kappa shape index (κ2) is 17.6. The van der Waals surface area contributed by atoms with Crippen molar-refractivity contribution in [2.24, 2.45) is 5.92 Å². The molecular formula is C29H41ClF2NO4P. The summed E-state index contributed by atoms with van der Waals surface area (Å²) in [5, 5.41) is 2.55. The van der Waals surface area contributed by atoms with Crippen LogP contribution in [0.5, 0.6) is 5.75 Å². The third kappa shape index (κ3) is 13.2. The van der Waals surface area contributed by atoms with Crippen molar-refractivity contribution in [2.45, 2.75) is 90.5 Å². The number of esters is 1. The number of ether oxygens (including phenoxy) is 1. The molecule has 0 heterocycles. The molecule has 2 rings (SSSR count). The van der Waals surface area contributed by atoms with Crippen molar-refractivity contribution < 1.29 is 27.4 Å². The zero-order valence-electron chi connectivity index (χ0n) is 22.5. The third-order valence-corrected chi connectivity index (χ3v) is 7.88. The first kappa shape index (κ1) is 32.3. The predicted octanol–water partition coefficient (Wildman–Crippen LogP) is 8.99. The molecule has 212 valence electrons. The van der Waals surface area contributed by atoms with Crippen molar-refractivity contribution in [3.8, 4) is 5.75 Å². The van der Waals surface area contributed by atoms with E-state index in [1.807, 2.05) is 0 Å². The Morgan fingerprint density at radius 3 is 2.05 bits per heavy atom. The van der Waals surface area contributed by atoms with Gasteiger partial charge in [0.15, 0.2) is 0 Å². The molecule has 1 N–H and O–H groups in total. The number of halogens is 3. The van der Waals surface area contributed by atoms with E-state index in [1.54, 1.807) is 30.3 Å². The van der Waals surface area contributed by atoms with Crippen molar-refractivity contribution >= 4 is 24.1 Å². The van der Waals surface area contributed by atoms with E-state index in [1.165, 1.54) is 12.8 Å². The summed E-state index contributed by atoms with van der Waals surface area (Å²) in [6.07, 6.45) is 10.8. The van der Waals surface area contributed by atoms with Gasteiger partial charge in [0.25, 0.3) is 0 Å². The number of rotatable bonds is 19. The van der Waals surface area contributed by atoms with Gasteiger partial charge in [0.2, 0.25) is 0 Å². The fourth-order valence-electron chi connectivity index (χ4n) is 4.31. The van der Waals surface area contributed by atoms with Crippen molar-refractivity contribution in [1.29, 1.82) is 0 Å². The van der Waals surface area contributed by atoms with E-state index in [0.29, 0.717) is 0 Å². The molecular weight excluding hydrogens is 531 g/mol. The Kier molecular flexibility index (Phi) is 14.9. The molecule has 0 aliphatic rings. The minimum Gasteiger partial charge on any atom is -0.464 e. The Bertz CT molecular complexity index is 979.